The largest absolute Gasteiger partial charge is 0.431 e. The van der Waals surface area contributed by atoms with Crippen LogP contribution in [0.5, 0.6) is 0 Å². The standard InChI is InChI=1S/C13H11N3OS/c1-14-11-7-4-8-12(16-11)18-13-15-9-5-2-3-6-10(9)17-13/h2-8H,1H3,(H,14,16). The number of hydrogen-bond donors (Lipinski definition) is 1. The molecule has 0 unspecified atom stereocenters. The number of oxazole rings is 1. The topological polar surface area (TPSA) is 51.0 Å². The Kier molecular flexibility index (Phi) is 2.90. The van der Waals surface area contributed by atoms with E-state index in [-0.39, 0.29) is 0 Å². The number of nitrogens with one attached hydrogen (secondary N) is 1. The van der Waals surface area contributed by atoms with E-state index >= 15 is 0 Å². The Labute approximate surface area is 108 Å². The molecule has 3 rings (SSSR count). The van der Waals surface area contributed by atoms with Gasteiger partial charge in [-0.25, -0.2) is 9.97 Å². The van der Waals surface area contributed by atoms with Crippen molar-refractivity contribution in [1.82, 2.24) is 9.97 Å². The molecule has 4 nitrogen and oxygen atoms in total. The fourth-order valence-corrected chi connectivity index (χ4v) is 2.34. The highest BCUT2D eigenvalue weighted by molar-refractivity contribution is 7.99. The lowest BCUT2D eigenvalue weighted by molar-refractivity contribution is 0.489. The van der Waals surface area contributed by atoms with Crippen LogP contribution in [0.3, 0.4) is 0 Å². The maximum absolute atomic E-state index is 5.64. The second-order valence-electron chi connectivity index (χ2n) is 3.66. The van der Waals surface area contributed by atoms with Crippen molar-refractivity contribution in [3.8, 4) is 0 Å². The molecule has 0 amide bonds. The molecule has 0 spiro atoms. The second kappa shape index (κ2) is 4.70. The van der Waals surface area contributed by atoms with Crippen LogP contribution in [0.1, 0.15) is 0 Å². The third-order valence-corrected chi connectivity index (χ3v) is 3.23. The molecule has 0 radical (unpaired) electrons. The Bertz CT molecular complexity index is 648. The van der Waals surface area contributed by atoms with Crippen LogP contribution in [0.25, 0.3) is 11.1 Å². The van der Waals surface area contributed by atoms with Crippen LogP contribution in [0.15, 0.2) is 57.1 Å². The van der Waals surface area contributed by atoms with Crippen LogP contribution in [0, 0.1) is 0 Å². The lowest BCUT2D eigenvalue weighted by Gasteiger charge is -2.00. The van der Waals surface area contributed by atoms with Gasteiger partial charge >= 0.3 is 0 Å². The van der Waals surface area contributed by atoms with Crippen molar-refractivity contribution >= 4 is 28.7 Å². The van der Waals surface area contributed by atoms with Gasteiger partial charge in [-0.15, -0.1) is 0 Å². The summed E-state index contributed by atoms with van der Waals surface area (Å²) in [6.45, 7) is 0. The molecule has 1 N–H and O–H groups in total. The number of pyridine rings is 1. The van der Waals surface area contributed by atoms with Crippen molar-refractivity contribution in [2.24, 2.45) is 0 Å². The van der Waals surface area contributed by atoms with Gasteiger partial charge in [-0.3, -0.25) is 0 Å². The summed E-state index contributed by atoms with van der Waals surface area (Å²) in [6.07, 6.45) is 0. The summed E-state index contributed by atoms with van der Waals surface area (Å²) in [5, 5.41) is 4.47. The first-order valence-electron chi connectivity index (χ1n) is 5.53. The maximum Gasteiger partial charge on any atom is 0.263 e. The predicted octanol–water partition coefficient (Wildman–Crippen LogP) is 3.42. The summed E-state index contributed by atoms with van der Waals surface area (Å²) in [4.78, 5) is 8.81. The number of para-hydroxylation sites is 2. The van der Waals surface area contributed by atoms with Gasteiger partial charge in [-0.1, -0.05) is 18.2 Å². The Hall–Kier alpha value is -2.01. The quantitative estimate of drug-likeness (QED) is 0.779. The fourth-order valence-electron chi connectivity index (χ4n) is 1.60. The number of anilines is 1. The van der Waals surface area contributed by atoms with Crippen LogP contribution < -0.4 is 5.32 Å². The first kappa shape index (κ1) is 11.1. The van der Waals surface area contributed by atoms with E-state index in [0.717, 1.165) is 21.9 Å². The summed E-state index contributed by atoms with van der Waals surface area (Å²) in [5.41, 5.74) is 1.66. The molecule has 0 aliphatic rings. The lowest BCUT2D eigenvalue weighted by Crippen LogP contribution is -1.91. The first-order chi connectivity index (χ1) is 8.85. The molecule has 2 heterocycles. The normalized spacial score (nSPS) is 10.7. The summed E-state index contributed by atoms with van der Waals surface area (Å²) >= 11 is 1.41. The number of benzene rings is 1. The Morgan fingerprint density at radius 2 is 1.94 bits per heavy atom. The number of fused-ring (bicyclic) bond motifs is 1. The van der Waals surface area contributed by atoms with E-state index in [0.29, 0.717) is 5.22 Å². The van der Waals surface area contributed by atoms with Gasteiger partial charge in [-0.05, 0) is 36.0 Å². The van der Waals surface area contributed by atoms with Gasteiger partial charge in [0.2, 0.25) is 0 Å². The molecular formula is C13H11N3OS. The van der Waals surface area contributed by atoms with E-state index in [2.05, 4.69) is 15.3 Å². The first-order valence-corrected chi connectivity index (χ1v) is 6.35. The molecule has 5 heteroatoms. The summed E-state index contributed by atoms with van der Waals surface area (Å²) in [5.74, 6) is 0.830. The third-order valence-electron chi connectivity index (χ3n) is 2.45. The molecule has 2 aromatic heterocycles. The zero-order valence-electron chi connectivity index (χ0n) is 9.75. The van der Waals surface area contributed by atoms with Gasteiger partial charge in [0.15, 0.2) is 5.58 Å². The SMILES string of the molecule is CNc1cccc(Sc2nc3ccccc3o2)n1. The fraction of sp³-hybridized carbons (Fsp3) is 0.0769. The minimum absolute atomic E-state index is 0.608. The van der Waals surface area contributed by atoms with E-state index in [1.807, 2.05) is 49.5 Å². The monoisotopic (exact) mass is 257 g/mol. The van der Waals surface area contributed by atoms with Gasteiger partial charge in [0.25, 0.3) is 5.22 Å². The van der Waals surface area contributed by atoms with Gasteiger partial charge in [0, 0.05) is 7.05 Å². The highest BCUT2D eigenvalue weighted by atomic mass is 32.2. The second-order valence-corrected chi connectivity index (χ2v) is 4.63. The third kappa shape index (κ3) is 2.17. The molecular weight excluding hydrogens is 246 g/mol. The van der Waals surface area contributed by atoms with E-state index in [1.54, 1.807) is 0 Å². The highest BCUT2D eigenvalue weighted by Crippen LogP contribution is 2.28. The van der Waals surface area contributed by atoms with Crippen LogP contribution in [-0.2, 0) is 0 Å². The Balaban J connectivity index is 1.91. The smallest absolute Gasteiger partial charge is 0.263 e. The van der Waals surface area contributed by atoms with Crippen LogP contribution in [0.2, 0.25) is 0 Å². The van der Waals surface area contributed by atoms with E-state index in [4.69, 9.17) is 4.42 Å². The van der Waals surface area contributed by atoms with E-state index in [1.165, 1.54) is 11.8 Å². The average Bonchev–Trinajstić information content (AvgIpc) is 2.81. The van der Waals surface area contributed by atoms with Gasteiger partial charge in [0.05, 0.1) is 0 Å². The molecule has 0 bridgehead atoms. The summed E-state index contributed by atoms with van der Waals surface area (Å²) < 4.78 is 5.64. The molecule has 90 valence electrons. The molecule has 0 atom stereocenters. The Morgan fingerprint density at radius 3 is 2.78 bits per heavy atom. The lowest BCUT2D eigenvalue weighted by atomic mass is 10.3. The predicted molar refractivity (Wildman–Crippen MR) is 71.9 cm³/mol. The molecule has 18 heavy (non-hydrogen) atoms. The van der Waals surface area contributed by atoms with Crippen molar-refractivity contribution in [2.45, 2.75) is 10.2 Å². The molecule has 1 aromatic carbocycles. The van der Waals surface area contributed by atoms with Crippen molar-refractivity contribution < 1.29 is 4.42 Å². The minimum atomic E-state index is 0.608. The maximum atomic E-state index is 5.64. The molecule has 0 saturated carbocycles. The Morgan fingerprint density at radius 1 is 1.06 bits per heavy atom. The molecule has 0 fully saturated rings. The van der Waals surface area contributed by atoms with Crippen LogP contribution in [-0.4, -0.2) is 17.0 Å². The van der Waals surface area contributed by atoms with Crippen molar-refractivity contribution in [2.75, 3.05) is 12.4 Å². The molecule has 0 saturated heterocycles. The zero-order valence-corrected chi connectivity index (χ0v) is 10.6. The van der Waals surface area contributed by atoms with Crippen LogP contribution in [0.4, 0.5) is 5.82 Å². The van der Waals surface area contributed by atoms with Gasteiger partial charge in [-0.2, -0.15) is 0 Å². The number of nitrogens with zero attached hydrogens (tertiary/aromatic N) is 2. The van der Waals surface area contributed by atoms with Crippen molar-refractivity contribution in [3.05, 3.63) is 42.5 Å². The molecule has 0 aliphatic carbocycles. The van der Waals surface area contributed by atoms with Crippen LogP contribution >= 0.6 is 11.8 Å². The van der Waals surface area contributed by atoms with E-state index in [9.17, 15) is 0 Å². The minimum Gasteiger partial charge on any atom is -0.431 e. The van der Waals surface area contributed by atoms with Gasteiger partial charge < -0.3 is 9.73 Å². The van der Waals surface area contributed by atoms with Gasteiger partial charge in [0.1, 0.15) is 16.4 Å². The van der Waals surface area contributed by atoms with Crippen molar-refractivity contribution in [3.63, 3.8) is 0 Å². The number of rotatable bonds is 3. The zero-order chi connectivity index (χ0) is 12.4. The molecule has 3 aromatic rings. The van der Waals surface area contributed by atoms with Crippen molar-refractivity contribution in [1.29, 1.82) is 0 Å². The van der Waals surface area contributed by atoms with E-state index < -0.39 is 0 Å². The number of hydrogen-bond acceptors (Lipinski definition) is 5. The summed E-state index contributed by atoms with van der Waals surface area (Å²) in [7, 11) is 1.84. The average molecular weight is 257 g/mol. The summed E-state index contributed by atoms with van der Waals surface area (Å²) in [6, 6.07) is 13.5. The highest BCUT2D eigenvalue weighted by Gasteiger charge is 2.07. The number of aromatic nitrogens is 2. The molecule has 0 aliphatic heterocycles.